The van der Waals surface area contributed by atoms with Gasteiger partial charge in [-0.15, -0.1) is 11.3 Å². The Hall–Kier alpha value is -2.87. The molecule has 1 atom stereocenters. The fourth-order valence-electron chi connectivity index (χ4n) is 3.08. The Labute approximate surface area is 168 Å². The molecule has 1 aromatic carbocycles. The van der Waals surface area contributed by atoms with Crippen molar-refractivity contribution in [3.05, 3.63) is 46.7 Å². The summed E-state index contributed by atoms with van der Waals surface area (Å²) < 4.78 is 0. The first kappa shape index (κ1) is 19.9. The Morgan fingerprint density at radius 2 is 1.57 bits per heavy atom. The normalized spacial score (nSPS) is 15.1. The Morgan fingerprint density at radius 3 is 2.14 bits per heavy atom. The van der Waals surface area contributed by atoms with Crippen LogP contribution >= 0.6 is 11.3 Å². The number of hydrogen-bond acceptors (Lipinski definition) is 5. The van der Waals surface area contributed by atoms with Gasteiger partial charge in [0.15, 0.2) is 0 Å². The molecule has 2 aromatic rings. The fourth-order valence-corrected chi connectivity index (χ4v) is 3.70. The number of thiophene rings is 1. The molecule has 28 heavy (non-hydrogen) atoms. The molecule has 1 fully saturated rings. The average molecular weight is 401 g/mol. The van der Waals surface area contributed by atoms with Crippen LogP contribution in [0.5, 0.6) is 0 Å². The van der Waals surface area contributed by atoms with E-state index >= 15 is 0 Å². The molecule has 2 heterocycles. The van der Waals surface area contributed by atoms with E-state index in [1.807, 2.05) is 30.5 Å². The van der Waals surface area contributed by atoms with E-state index in [0.717, 1.165) is 5.69 Å². The van der Waals surface area contributed by atoms with Crippen LogP contribution < -0.4 is 10.6 Å². The van der Waals surface area contributed by atoms with Gasteiger partial charge >= 0.3 is 0 Å². The van der Waals surface area contributed by atoms with E-state index in [1.165, 1.54) is 11.3 Å². The van der Waals surface area contributed by atoms with E-state index in [9.17, 15) is 14.4 Å². The molecule has 1 unspecified atom stereocenters. The highest BCUT2D eigenvalue weighted by atomic mass is 32.1. The average Bonchev–Trinajstić information content (AvgIpc) is 3.24. The lowest BCUT2D eigenvalue weighted by molar-refractivity contribution is -0.138. The smallest absolute Gasteiger partial charge is 0.265 e. The van der Waals surface area contributed by atoms with Crippen molar-refractivity contribution in [2.24, 2.45) is 0 Å². The van der Waals surface area contributed by atoms with Gasteiger partial charge in [0.05, 0.1) is 4.88 Å². The summed E-state index contributed by atoms with van der Waals surface area (Å²) in [6.45, 7) is 5.63. The minimum Gasteiger partial charge on any atom is -0.374 e. The molecule has 0 saturated carbocycles. The second kappa shape index (κ2) is 8.88. The first-order valence-corrected chi connectivity index (χ1v) is 10.1. The first-order chi connectivity index (χ1) is 13.4. The van der Waals surface area contributed by atoms with E-state index in [4.69, 9.17) is 0 Å². The second-order valence-electron chi connectivity index (χ2n) is 6.71. The molecule has 1 saturated heterocycles. The van der Waals surface area contributed by atoms with E-state index in [2.05, 4.69) is 10.6 Å². The number of carbonyl (C=O) groups is 3. The van der Waals surface area contributed by atoms with Crippen molar-refractivity contribution in [3.8, 4) is 0 Å². The monoisotopic (exact) mass is 400 g/mol. The summed E-state index contributed by atoms with van der Waals surface area (Å²) in [5.41, 5.74) is 1.50. The molecular formula is C20H24N4O3S. The van der Waals surface area contributed by atoms with Crippen molar-refractivity contribution in [3.63, 3.8) is 0 Å². The molecule has 0 aliphatic carbocycles. The predicted octanol–water partition coefficient (Wildman–Crippen LogP) is 2.49. The molecule has 1 aromatic heterocycles. The largest absolute Gasteiger partial charge is 0.374 e. The fraction of sp³-hybridized carbons (Fsp3) is 0.350. The third-order valence-electron chi connectivity index (χ3n) is 4.68. The zero-order valence-electron chi connectivity index (χ0n) is 16.0. The summed E-state index contributed by atoms with van der Waals surface area (Å²) in [6.07, 6.45) is 0. The zero-order chi connectivity index (χ0) is 20.1. The minimum atomic E-state index is -0.379. The highest BCUT2D eigenvalue weighted by Gasteiger charge is 2.25. The van der Waals surface area contributed by atoms with Crippen molar-refractivity contribution in [1.29, 1.82) is 0 Å². The number of nitrogens with zero attached hydrogens (tertiary/aromatic N) is 2. The Kier molecular flexibility index (Phi) is 6.30. The Morgan fingerprint density at radius 1 is 0.964 bits per heavy atom. The van der Waals surface area contributed by atoms with Crippen LogP contribution in [0.15, 0.2) is 41.8 Å². The molecule has 0 bridgehead atoms. The van der Waals surface area contributed by atoms with Crippen LogP contribution in [0.1, 0.15) is 23.5 Å². The second-order valence-corrected chi connectivity index (χ2v) is 7.65. The maximum Gasteiger partial charge on any atom is 0.265 e. The number of amides is 3. The first-order valence-electron chi connectivity index (χ1n) is 9.20. The van der Waals surface area contributed by atoms with Crippen LogP contribution in [-0.4, -0.2) is 59.7 Å². The van der Waals surface area contributed by atoms with Crippen molar-refractivity contribution >= 4 is 40.4 Å². The van der Waals surface area contributed by atoms with Crippen LogP contribution in [0.2, 0.25) is 0 Å². The van der Waals surface area contributed by atoms with Gasteiger partial charge in [0.2, 0.25) is 11.8 Å². The van der Waals surface area contributed by atoms with Crippen LogP contribution in [0.4, 0.5) is 11.4 Å². The third-order valence-corrected chi connectivity index (χ3v) is 5.55. The number of carbonyl (C=O) groups excluding carboxylic acids is 3. The van der Waals surface area contributed by atoms with Gasteiger partial charge in [-0.2, -0.15) is 0 Å². The lowest BCUT2D eigenvalue weighted by Crippen LogP contribution is -2.53. The van der Waals surface area contributed by atoms with Crippen molar-refractivity contribution in [2.45, 2.75) is 19.9 Å². The third kappa shape index (κ3) is 4.89. The molecule has 3 amide bonds. The highest BCUT2D eigenvalue weighted by Crippen LogP contribution is 2.17. The molecule has 1 aliphatic heterocycles. The maximum atomic E-state index is 12.6. The summed E-state index contributed by atoms with van der Waals surface area (Å²) in [7, 11) is 0. The number of piperazine rings is 1. The number of nitrogens with one attached hydrogen (secondary N) is 2. The van der Waals surface area contributed by atoms with E-state index in [0.29, 0.717) is 36.7 Å². The van der Waals surface area contributed by atoms with Gasteiger partial charge in [-0.1, -0.05) is 6.07 Å². The summed E-state index contributed by atoms with van der Waals surface area (Å²) in [4.78, 5) is 40.3. The summed E-state index contributed by atoms with van der Waals surface area (Å²) in [5.74, 6) is -0.0771. The van der Waals surface area contributed by atoms with Crippen molar-refractivity contribution < 1.29 is 14.4 Å². The molecule has 0 spiro atoms. The summed E-state index contributed by atoms with van der Waals surface area (Å²) in [5, 5.41) is 7.91. The molecule has 148 valence electrons. The highest BCUT2D eigenvalue weighted by molar-refractivity contribution is 7.12. The minimum absolute atomic E-state index is 0.0123. The van der Waals surface area contributed by atoms with E-state index < -0.39 is 0 Å². The molecule has 0 radical (unpaired) electrons. The summed E-state index contributed by atoms with van der Waals surface area (Å²) >= 11 is 1.39. The number of hydrogen-bond donors (Lipinski definition) is 2. The molecule has 1 aliphatic rings. The standard InChI is InChI=1S/C20H24N4O3S/c1-14(20(27)24-11-9-23(10-12-24)15(2)25)21-16-5-7-17(8-6-16)22-19(26)18-4-3-13-28-18/h3-8,13-14,21H,9-12H2,1-2H3,(H,22,26). The zero-order valence-corrected chi connectivity index (χ0v) is 16.8. The topological polar surface area (TPSA) is 81.8 Å². The molecule has 8 heteroatoms. The van der Waals surface area contributed by atoms with Crippen molar-refractivity contribution in [2.75, 3.05) is 36.8 Å². The maximum absolute atomic E-state index is 12.6. The van der Waals surface area contributed by atoms with E-state index in [1.54, 1.807) is 34.9 Å². The van der Waals surface area contributed by atoms with Crippen LogP contribution in [0.25, 0.3) is 0 Å². The summed E-state index contributed by atoms with van der Waals surface area (Å²) in [6, 6.07) is 10.5. The van der Waals surface area contributed by atoms with Gasteiger partial charge in [0.1, 0.15) is 6.04 Å². The van der Waals surface area contributed by atoms with Gasteiger partial charge < -0.3 is 20.4 Å². The SMILES string of the molecule is CC(=O)N1CCN(C(=O)C(C)Nc2ccc(NC(=O)c3cccs3)cc2)CC1. The molecule has 3 rings (SSSR count). The lowest BCUT2D eigenvalue weighted by atomic mass is 10.2. The quantitative estimate of drug-likeness (QED) is 0.808. The van der Waals surface area contributed by atoms with Crippen LogP contribution in [0.3, 0.4) is 0 Å². The van der Waals surface area contributed by atoms with Gasteiger partial charge in [-0.05, 0) is 42.6 Å². The number of anilines is 2. The molecule has 7 nitrogen and oxygen atoms in total. The van der Waals surface area contributed by atoms with E-state index in [-0.39, 0.29) is 23.8 Å². The Balaban J connectivity index is 1.51. The number of rotatable bonds is 5. The van der Waals surface area contributed by atoms with Gasteiger partial charge in [0, 0.05) is 44.5 Å². The van der Waals surface area contributed by atoms with Gasteiger partial charge in [-0.25, -0.2) is 0 Å². The molecular weight excluding hydrogens is 376 g/mol. The predicted molar refractivity (Wildman–Crippen MR) is 111 cm³/mol. The lowest BCUT2D eigenvalue weighted by Gasteiger charge is -2.35. The number of benzene rings is 1. The van der Waals surface area contributed by atoms with Gasteiger partial charge in [0.25, 0.3) is 5.91 Å². The Bertz CT molecular complexity index is 828. The molecule has 2 N–H and O–H groups in total. The van der Waals surface area contributed by atoms with Crippen LogP contribution in [-0.2, 0) is 9.59 Å². The van der Waals surface area contributed by atoms with Crippen molar-refractivity contribution in [1.82, 2.24) is 9.80 Å². The van der Waals surface area contributed by atoms with Gasteiger partial charge in [-0.3, -0.25) is 14.4 Å². The van der Waals surface area contributed by atoms with Crippen LogP contribution in [0, 0.1) is 0 Å².